The minimum absolute atomic E-state index is 0.00640. The van der Waals surface area contributed by atoms with Crippen molar-refractivity contribution in [1.82, 2.24) is 5.32 Å². The number of amides is 1. The van der Waals surface area contributed by atoms with Crippen molar-refractivity contribution in [2.24, 2.45) is 0 Å². The van der Waals surface area contributed by atoms with Crippen molar-refractivity contribution >= 4 is 44.8 Å². The van der Waals surface area contributed by atoms with Crippen LogP contribution in [0.4, 0.5) is 5.69 Å². The summed E-state index contributed by atoms with van der Waals surface area (Å²) >= 11 is 12.1. The molecule has 1 amide bonds. The summed E-state index contributed by atoms with van der Waals surface area (Å²) < 4.78 is 24.9. The fourth-order valence-electron chi connectivity index (χ4n) is 1.77. The van der Waals surface area contributed by atoms with E-state index in [1.807, 2.05) is 13.8 Å². The van der Waals surface area contributed by atoms with E-state index in [1.165, 1.54) is 0 Å². The Morgan fingerprint density at radius 2 is 1.81 bits per heavy atom. The van der Waals surface area contributed by atoms with Crippen LogP contribution in [0.3, 0.4) is 0 Å². The van der Waals surface area contributed by atoms with Gasteiger partial charge in [-0.1, -0.05) is 29.3 Å². The van der Waals surface area contributed by atoms with Crippen LogP contribution in [0.15, 0.2) is 18.2 Å². The molecule has 0 fully saturated rings. The van der Waals surface area contributed by atoms with Crippen LogP contribution >= 0.6 is 23.2 Å². The van der Waals surface area contributed by atoms with Crippen molar-refractivity contribution in [2.75, 3.05) is 17.1 Å². The lowest BCUT2D eigenvalue weighted by molar-refractivity contribution is -0.121. The molecule has 0 aliphatic rings. The van der Waals surface area contributed by atoms with Crippen LogP contribution in [0.1, 0.15) is 20.3 Å². The van der Waals surface area contributed by atoms with Crippen LogP contribution in [0.5, 0.6) is 0 Å². The topological polar surface area (TPSA) is 66.5 Å². The summed E-state index contributed by atoms with van der Waals surface area (Å²) in [6.07, 6.45) is 1.07. The molecule has 8 heteroatoms. The second-order valence-corrected chi connectivity index (χ2v) is 7.60. The minimum atomic E-state index is -3.60. The average molecular weight is 353 g/mol. The van der Waals surface area contributed by atoms with Crippen LogP contribution in [0, 0.1) is 0 Å². The number of nitrogens with zero attached hydrogens (tertiary/aromatic N) is 1. The standard InChI is InChI=1S/C13H18Cl2N2O3S/c1-9(2)16-12(18)7-8-17(21(3,19)20)13-10(14)5-4-6-11(13)15/h4-6,9H,7-8H2,1-3H3,(H,16,18). The van der Waals surface area contributed by atoms with E-state index in [0.29, 0.717) is 0 Å². The molecule has 0 radical (unpaired) electrons. The highest BCUT2D eigenvalue weighted by atomic mass is 35.5. The van der Waals surface area contributed by atoms with Gasteiger partial charge in [-0.25, -0.2) is 8.42 Å². The Hall–Kier alpha value is -0.980. The first kappa shape index (κ1) is 18.1. The molecule has 5 nitrogen and oxygen atoms in total. The van der Waals surface area contributed by atoms with Crippen molar-refractivity contribution in [1.29, 1.82) is 0 Å². The molecule has 0 saturated heterocycles. The van der Waals surface area contributed by atoms with Gasteiger partial charge in [0.1, 0.15) is 0 Å². The Bertz CT molecular complexity index is 598. The van der Waals surface area contributed by atoms with Crippen LogP contribution < -0.4 is 9.62 Å². The second-order valence-electron chi connectivity index (χ2n) is 4.88. The van der Waals surface area contributed by atoms with Crippen molar-refractivity contribution in [2.45, 2.75) is 26.3 Å². The van der Waals surface area contributed by atoms with E-state index in [0.717, 1.165) is 10.6 Å². The normalized spacial score (nSPS) is 11.5. The van der Waals surface area contributed by atoms with E-state index >= 15 is 0 Å². The van der Waals surface area contributed by atoms with Gasteiger partial charge < -0.3 is 5.32 Å². The quantitative estimate of drug-likeness (QED) is 0.855. The predicted octanol–water partition coefficient (Wildman–Crippen LogP) is 2.67. The maximum absolute atomic E-state index is 11.9. The van der Waals surface area contributed by atoms with Gasteiger partial charge in [0.2, 0.25) is 15.9 Å². The van der Waals surface area contributed by atoms with E-state index in [-0.39, 0.29) is 40.6 Å². The lowest BCUT2D eigenvalue weighted by Gasteiger charge is -2.24. The molecule has 0 aromatic heterocycles. The number of rotatable bonds is 6. The van der Waals surface area contributed by atoms with Crippen molar-refractivity contribution in [3.63, 3.8) is 0 Å². The third kappa shape index (κ3) is 5.37. The molecule has 0 bridgehead atoms. The number of carbonyl (C=O) groups excluding carboxylic acids is 1. The van der Waals surface area contributed by atoms with E-state index in [9.17, 15) is 13.2 Å². The van der Waals surface area contributed by atoms with Gasteiger partial charge in [-0.15, -0.1) is 0 Å². The number of anilines is 1. The highest BCUT2D eigenvalue weighted by Crippen LogP contribution is 2.34. The summed E-state index contributed by atoms with van der Waals surface area (Å²) in [6, 6.07) is 4.72. The third-order valence-electron chi connectivity index (χ3n) is 2.58. The molecule has 1 rings (SSSR count). The molecule has 0 aliphatic heterocycles. The Kier molecular flexibility index (Phi) is 6.31. The zero-order chi connectivity index (χ0) is 16.2. The summed E-state index contributed by atoms with van der Waals surface area (Å²) in [5.74, 6) is -0.234. The highest BCUT2D eigenvalue weighted by Gasteiger charge is 2.23. The maximum Gasteiger partial charge on any atom is 0.232 e. The predicted molar refractivity (Wildman–Crippen MR) is 86.5 cm³/mol. The van der Waals surface area contributed by atoms with E-state index in [4.69, 9.17) is 23.2 Å². The highest BCUT2D eigenvalue weighted by molar-refractivity contribution is 7.92. The summed E-state index contributed by atoms with van der Waals surface area (Å²) in [5, 5.41) is 3.14. The van der Waals surface area contributed by atoms with Gasteiger partial charge in [-0.05, 0) is 26.0 Å². The molecule has 0 unspecified atom stereocenters. The summed E-state index contributed by atoms with van der Waals surface area (Å²) in [7, 11) is -3.60. The molecule has 0 aliphatic carbocycles. The molecule has 0 saturated carbocycles. The van der Waals surface area contributed by atoms with Gasteiger partial charge in [0.25, 0.3) is 0 Å². The lowest BCUT2D eigenvalue weighted by atomic mass is 10.3. The third-order valence-corrected chi connectivity index (χ3v) is 4.35. The Morgan fingerprint density at radius 1 is 1.29 bits per heavy atom. The summed E-state index contributed by atoms with van der Waals surface area (Å²) in [5.41, 5.74) is 0.195. The van der Waals surface area contributed by atoms with Gasteiger partial charge in [0.15, 0.2) is 0 Å². The average Bonchev–Trinajstić information content (AvgIpc) is 2.30. The number of hydrogen-bond donors (Lipinski definition) is 1. The van der Waals surface area contributed by atoms with Gasteiger partial charge in [0, 0.05) is 19.0 Å². The fraction of sp³-hybridized carbons (Fsp3) is 0.462. The maximum atomic E-state index is 11.9. The van der Waals surface area contributed by atoms with E-state index in [2.05, 4.69) is 5.32 Å². The van der Waals surface area contributed by atoms with Crippen molar-refractivity contribution < 1.29 is 13.2 Å². The molecule has 1 aromatic carbocycles. The van der Waals surface area contributed by atoms with E-state index in [1.54, 1.807) is 18.2 Å². The minimum Gasteiger partial charge on any atom is -0.354 e. The monoisotopic (exact) mass is 352 g/mol. The second kappa shape index (κ2) is 7.33. The van der Waals surface area contributed by atoms with E-state index < -0.39 is 10.0 Å². The van der Waals surface area contributed by atoms with Crippen LogP contribution in [-0.4, -0.2) is 33.2 Å². The Balaban J connectivity index is 3.01. The van der Waals surface area contributed by atoms with Crippen LogP contribution in [0.25, 0.3) is 0 Å². The molecular weight excluding hydrogens is 335 g/mol. The molecule has 1 aromatic rings. The SMILES string of the molecule is CC(C)NC(=O)CCN(c1c(Cl)cccc1Cl)S(C)(=O)=O. The Morgan fingerprint density at radius 3 is 2.24 bits per heavy atom. The number of sulfonamides is 1. The summed E-state index contributed by atoms with van der Waals surface area (Å²) in [6.45, 7) is 3.63. The number of nitrogens with one attached hydrogen (secondary N) is 1. The Labute approximate surface area is 135 Å². The van der Waals surface area contributed by atoms with Crippen molar-refractivity contribution in [3.8, 4) is 0 Å². The molecular formula is C13H18Cl2N2O3S. The van der Waals surface area contributed by atoms with Crippen LogP contribution in [-0.2, 0) is 14.8 Å². The molecule has 0 atom stereocenters. The fourth-order valence-corrected chi connectivity index (χ4v) is 3.42. The number of hydrogen-bond acceptors (Lipinski definition) is 3. The number of halogens is 2. The summed E-state index contributed by atoms with van der Waals surface area (Å²) in [4.78, 5) is 11.7. The van der Waals surface area contributed by atoms with Gasteiger partial charge in [0.05, 0.1) is 22.0 Å². The number of para-hydroxylation sites is 1. The van der Waals surface area contributed by atoms with Crippen molar-refractivity contribution in [3.05, 3.63) is 28.2 Å². The smallest absolute Gasteiger partial charge is 0.232 e. The first-order chi connectivity index (χ1) is 9.62. The number of carbonyl (C=O) groups is 1. The van der Waals surface area contributed by atoms with Gasteiger partial charge >= 0.3 is 0 Å². The lowest BCUT2D eigenvalue weighted by Crippen LogP contribution is -2.36. The molecule has 21 heavy (non-hydrogen) atoms. The molecule has 118 valence electrons. The molecule has 1 N–H and O–H groups in total. The van der Waals surface area contributed by atoms with Gasteiger partial charge in [-0.3, -0.25) is 9.10 Å². The largest absolute Gasteiger partial charge is 0.354 e. The zero-order valence-corrected chi connectivity index (χ0v) is 14.4. The van der Waals surface area contributed by atoms with Gasteiger partial charge in [-0.2, -0.15) is 0 Å². The number of benzene rings is 1. The first-order valence-corrected chi connectivity index (χ1v) is 8.94. The van der Waals surface area contributed by atoms with Crippen LogP contribution in [0.2, 0.25) is 10.0 Å². The molecule has 0 heterocycles. The zero-order valence-electron chi connectivity index (χ0n) is 12.1. The molecule has 0 spiro atoms. The first-order valence-electron chi connectivity index (χ1n) is 6.34.